The van der Waals surface area contributed by atoms with Gasteiger partial charge in [0, 0.05) is 45.3 Å². The van der Waals surface area contributed by atoms with Gasteiger partial charge < -0.3 is 15.5 Å². The van der Waals surface area contributed by atoms with Gasteiger partial charge in [0.1, 0.15) is 4.21 Å². The Bertz CT molecular complexity index is 669. The Morgan fingerprint density at radius 2 is 2.00 bits per heavy atom. The molecule has 2 fully saturated rings. The molecule has 7 nitrogen and oxygen atoms in total. The first-order chi connectivity index (χ1) is 12.1. The molecule has 3 rings (SSSR count). The highest BCUT2D eigenvalue weighted by Gasteiger charge is 2.31. The molecule has 1 aliphatic carbocycles. The zero-order valence-electron chi connectivity index (χ0n) is 15.0. The number of aliphatic imine (C=N–C) groups is 1. The van der Waals surface area contributed by atoms with Crippen molar-refractivity contribution in [2.45, 2.75) is 42.0 Å². The molecule has 3 N–H and O–H groups in total. The summed E-state index contributed by atoms with van der Waals surface area (Å²) in [5.41, 5.74) is 0. The van der Waals surface area contributed by atoms with Crippen LogP contribution in [0, 0.1) is 0 Å². The number of nitrogens with one attached hydrogen (secondary N) is 3. The van der Waals surface area contributed by atoms with E-state index in [4.69, 9.17) is 0 Å². The van der Waals surface area contributed by atoms with Gasteiger partial charge in [-0.05, 0) is 37.1 Å². The summed E-state index contributed by atoms with van der Waals surface area (Å²) in [7, 11) is -1.65. The molecule has 1 aromatic rings. The molecular weight excluding hydrogens is 485 g/mol. The van der Waals surface area contributed by atoms with E-state index in [0.29, 0.717) is 23.3 Å². The number of thiophene rings is 1. The highest BCUT2D eigenvalue weighted by Crippen LogP contribution is 2.29. The van der Waals surface area contributed by atoms with Crippen LogP contribution < -0.4 is 15.4 Å². The van der Waals surface area contributed by atoms with Crippen molar-refractivity contribution < 1.29 is 8.42 Å². The lowest BCUT2D eigenvalue weighted by Gasteiger charge is -2.33. The predicted molar refractivity (Wildman–Crippen MR) is 117 cm³/mol. The number of hydrogen-bond donors (Lipinski definition) is 3. The van der Waals surface area contributed by atoms with Gasteiger partial charge in [0.25, 0.3) is 0 Å². The topological polar surface area (TPSA) is 85.8 Å². The zero-order valence-corrected chi connectivity index (χ0v) is 18.9. The minimum Gasteiger partial charge on any atom is -0.355 e. The number of nitrogens with zero attached hydrogens (tertiary/aromatic N) is 2. The zero-order chi connectivity index (χ0) is 17.7. The van der Waals surface area contributed by atoms with Crippen LogP contribution in [-0.4, -0.2) is 64.6 Å². The molecule has 1 aliphatic heterocycles. The number of hydrogen-bond acceptors (Lipinski definition) is 5. The average molecular weight is 513 g/mol. The smallest absolute Gasteiger partial charge is 0.250 e. The van der Waals surface area contributed by atoms with E-state index in [-0.39, 0.29) is 24.0 Å². The summed E-state index contributed by atoms with van der Waals surface area (Å²) in [6.45, 7) is 3.12. The summed E-state index contributed by atoms with van der Waals surface area (Å²) in [5, 5.41) is 8.39. The summed E-state index contributed by atoms with van der Waals surface area (Å²) >= 11 is 1.22. The van der Waals surface area contributed by atoms with E-state index in [1.807, 2.05) is 0 Å². The first-order valence-electron chi connectivity index (χ1n) is 8.83. The second-order valence-electron chi connectivity index (χ2n) is 6.51. The highest BCUT2D eigenvalue weighted by molar-refractivity contribution is 14.0. The van der Waals surface area contributed by atoms with Crippen LogP contribution in [0.1, 0.15) is 25.7 Å². The van der Waals surface area contributed by atoms with Gasteiger partial charge in [0.15, 0.2) is 5.96 Å². The predicted octanol–water partition coefficient (Wildman–Crippen LogP) is 1.44. The Hall–Kier alpha value is -0.430. The molecule has 0 radical (unpaired) electrons. The lowest BCUT2D eigenvalue weighted by Crippen LogP contribution is -2.50. The molecule has 0 unspecified atom stereocenters. The second kappa shape index (κ2) is 10.2. The fourth-order valence-corrected chi connectivity index (χ4v) is 5.16. The van der Waals surface area contributed by atoms with Gasteiger partial charge in [-0.3, -0.25) is 4.99 Å². The molecular formula is C16H28IN5O2S2. The van der Waals surface area contributed by atoms with Crippen LogP contribution in [0.15, 0.2) is 26.7 Å². The fourth-order valence-electron chi connectivity index (χ4n) is 3.09. The molecule has 0 atom stereocenters. The van der Waals surface area contributed by atoms with Crippen LogP contribution in [0.3, 0.4) is 0 Å². The van der Waals surface area contributed by atoms with Gasteiger partial charge in [-0.15, -0.1) is 35.3 Å². The summed E-state index contributed by atoms with van der Waals surface area (Å²) in [6, 6.07) is 4.62. The molecule has 1 aromatic heterocycles. The van der Waals surface area contributed by atoms with Crippen molar-refractivity contribution in [3.05, 3.63) is 17.5 Å². The summed E-state index contributed by atoms with van der Waals surface area (Å²) in [6.07, 6.45) is 4.98. The molecule has 0 spiro atoms. The number of guanidine groups is 1. The van der Waals surface area contributed by atoms with Crippen molar-refractivity contribution in [1.82, 2.24) is 20.3 Å². The van der Waals surface area contributed by atoms with Gasteiger partial charge in [0.2, 0.25) is 10.0 Å². The molecule has 1 saturated carbocycles. The minimum absolute atomic E-state index is 0. The van der Waals surface area contributed by atoms with Crippen molar-refractivity contribution in [1.29, 1.82) is 0 Å². The second-order valence-corrected chi connectivity index (χ2v) is 9.46. The normalized spacial score (nSPS) is 19.8. The van der Waals surface area contributed by atoms with Gasteiger partial charge in [0.05, 0.1) is 0 Å². The van der Waals surface area contributed by atoms with Crippen molar-refractivity contribution in [2.75, 3.05) is 33.2 Å². The number of rotatable bonds is 7. The van der Waals surface area contributed by atoms with Crippen molar-refractivity contribution in [3.63, 3.8) is 0 Å². The van der Waals surface area contributed by atoms with Crippen LogP contribution >= 0.6 is 35.3 Å². The van der Waals surface area contributed by atoms with E-state index in [2.05, 4.69) is 25.2 Å². The Balaban J connectivity index is 0.00000243. The molecule has 26 heavy (non-hydrogen) atoms. The minimum atomic E-state index is -3.39. The Kier molecular flexibility index (Phi) is 8.58. The summed E-state index contributed by atoms with van der Waals surface area (Å²) in [4.78, 5) is 6.83. The SMILES string of the molecule is CN=C(NCCNS(=O)(=O)c1cccs1)NC1CCN(C2CC2)CC1.I. The first kappa shape index (κ1) is 21.9. The van der Waals surface area contributed by atoms with E-state index in [0.717, 1.165) is 37.9 Å². The lowest BCUT2D eigenvalue weighted by atomic mass is 10.1. The largest absolute Gasteiger partial charge is 0.355 e. The van der Waals surface area contributed by atoms with Gasteiger partial charge in [-0.25, -0.2) is 13.1 Å². The molecule has 0 amide bonds. The standard InChI is InChI=1S/C16H27N5O2S2.HI/c1-17-16(20-13-6-10-21(11-7-13)14-4-5-14)18-8-9-19-25(22,23)15-3-2-12-24-15;/h2-3,12-14,19H,4-11H2,1H3,(H2,17,18,20);1H. The maximum absolute atomic E-state index is 12.0. The number of likely N-dealkylation sites (tertiary alicyclic amines) is 1. The highest BCUT2D eigenvalue weighted by atomic mass is 127. The Morgan fingerprint density at radius 1 is 1.27 bits per heavy atom. The summed E-state index contributed by atoms with van der Waals surface area (Å²) in [5.74, 6) is 0.736. The van der Waals surface area contributed by atoms with Crippen LogP contribution in [0.2, 0.25) is 0 Å². The van der Waals surface area contributed by atoms with Gasteiger partial charge in [-0.1, -0.05) is 6.07 Å². The molecule has 2 heterocycles. The monoisotopic (exact) mass is 513 g/mol. The van der Waals surface area contributed by atoms with Gasteiger partial charge >= 0.3 is 0 Å². The van der Waals surface area contributed by atoms with E-state index in [1.165, 1.54) is 24.2 Å². The third kappa shape index (κ3) is 6.32. The third-order valence-corrected chi connectivity index (χ3v) is 7.49. The van der Waals surface area contributed by atoms with Crippen LogP contribution in [0.5, 0.6) is 0 Å². The van der Waals surface area contributed by atoms with E-state index in [9.17, 15) is 8.42 Å². The molecule has 0 aromatic carbocycles. The van der Waals surface area contributed by atoms with E-state index in [1.54, 1.807) is 24.6 Å². The Morgan fingerprint density at radius 3 is 2.58 bits per heavy atom. The summed E-state index contributed by atoms with van der Waals surface area (Å²) < 4.78 is 27.0. The molecule has 0 bridgehead atoms. The fraction of sp³-hybridized carbons (Fsp3) is 0.688. The quantitative estimate of drug-likeness (QED) is 0.223. The van der Waals surface area contributed by atoms with Crippen molar-refractivity contribution >= 4 is 51.3 Å². The number of piperidine rings is 1. The van der Waals surface area contributed by atoms with Crippen LogP contribution in [-0.2, 0) is 10.0 Å². The van der Waals surface area contributed by atoms with Crippen LogP contribution in [0.25, 0.3) is 0 Å². The molecule has 10 heteroatoms. The maximum Gasteiger partial charge on any atom is 0.250 e. The maximum atomic E-state index is 12.0. The molecule has 2 aliphatic rings. The Labute approximate surface area is 177 Å². The van der Waals surface area contributed by atoms with Gasteiger partial charge in [-0.2, -0.15) is 0 Å². The lowest BCUT2D eigenvalue weighted by molar-refractivity contribution is 0.197. The van der Waals surface area contributed by atoms with E-state index >= 15 is 0 Å². The van der Waals surface area contributed by atoms with Crippen molar-refractivity contribution in [3.8, 4) is 0 Å². The average Bonchev–Trinajstić information content (AvgIpc) is 3.30. The van der Waals surface area contributed by atoms with Crippen molar-refractivity contribution in [2.24, 2.45) is 4.99 Å². The first-order valence-corrected chi connectivity index (χ1v) is 11.2. The molecule has 1 saturated heterocycles. The van der Waals surface area contributed by atoms with E-state index < -0.39 is 10.0 Å². The number of halogens is 1. The van der Waals surface area contributed by atoms with Crippen LogP contribution in [0.4, 0.5) is 0 Å². The third-order valence-electron chi connectivity index (χ3n) is 4.63. The number of sulfonamides is 1. The molecule has 148 valence electrons.